The zero-order valence-corrected chi connectivity index (χ0v) is 10.8. The van der Waals surface area contributed by atoms with Gasteiger partial charge in [-0.05, 0) is 6.92 Å². The van der Waals surface area contributed by atoms with E-state index >= 15 is 0 Å². The smallest absolute Gasteiger partial charge is 0.468 e. The van der Waals surface area contributed by atoms with Crippen molar-refractivity contribution >= 4 is 12.1 Å². The van der Waals surface area contributed by atoms with Crippen LogP contribution in [0.3, 0.4) is 0 Å². The van der Waals surface area contributed by atoms with Crippen LogP contribution in [-0.4, -0.2) is 43.7 Å². The maximum atomic E-state index is 11.6. The molecular weight excluding hydrogens is 256 g/mol. The highest BCUT2D eigenvalue weighted by atomic mass is 16.7. The molecule has 0 aliphatic rings. The van der Waals surface area contributed by atoms with Gasteiger partial charge in [-0.25, -0.2) is 4.79 Å². The number of ether oxygens (including phenoxy) is 3. The zero-order valence-electron chi connectivity index (χ0n) is 10.8. The van der Waals surface area contributed by atoms with Gasteiger partial charge in [0.2, 0.25) is 0 Å². The van der Waals surface area contributed by atoms with Gasteiger partial charge in [0, 0.05) is 6.42 Å². The number of aliphatic hydroxyl groups is 1. The van der Waals surface area contributed by atoms with Crippen molar-refractivity contribution in [3.8, 4) is 12.1 Å². The molecule has 0 aromatic rings. The molecule has 2 atom stereocenters. The normalized spacial score (nSPS) is 15.9. The summed E-state index contributed by atoms with van der Waals surface area (Å²) in [5.41, 5.74) is -3.81. The van der Waals surface area contributed by atoms with E-state index in [1.165, 1.54) is 6.92 Å². The number of aliphatic hydroxyl groups excluding tert-OH is 1. The average Bonchev–Trinajstić information content (AvgIpc) is 2.43. The Morgan fingerprint density at radius 3 is 2.11 bits per heavy atom. The Hall–Kier alpha value is -2.32. The number of esters is 1. The van der Waals surface area contributed by atoms with Gasteiger partial charge in [-0.2, -0.15) is 10.5 Å². The monoisotopic (exact) mass is 270 g/mol. The minimum absolute atomic E-state index is 0.550. The molecular formula is C11H14N2O6. The van der Waals surface area contributed by atoms with Gasteiger partial charge in [-0.3, -0.25) is 4.79 Å². The quantitative estimate of drug-likeness (QED) is 0.697. The maximum absolute atomic E-state index is 11.6. The van der Waals surface area contributed by atoms with Crippen molar-refractivity contribution in [3.05, 3.63) is 0 Å². The lowest BCUT2D eigenvalue weighted by molar-refractivity contribution is -0.154. The molecule has 1 N–H and O–H groups in total. The molecule has 0 aromatic carbocycles. The number of hydrogen-bond acceptors (Lipinski definition) is 8. The van der Waals surface area contributed by atoms with Crippen LogP contribution in [0.4, 0.5) is 4.79 Å². The third kappa shape index (κ3) is 3.83. The molecule has 0 saturated carbocycles. The first kappa shape index (κ1) is 16.7. The summed E-state index contributed by atoms with van der Waals surface area (Å²) in [7, 11) is 2.08. The Kier molecular flexibility index (Phi) is 5.77. The first-order chi connectivity index (χ1) is 8.82. The first-order valence-electron chi connectivity index (χ1n) is 5.12. The summed E-state index contributed by atoms with van der Waals surface area (Å²) in [6.07, 6.45) is -1.69. The predicted molar refractivity (Wildman–Crippen MR) is 59.3 cm³/mol. The van der Waals surface area contributed by atoms with E-state index in [0.717, 1.165) is 14.2 Å². The van der Waals surface area contributed by atoms with Gasteiger partial charge >= 0.3 is 12.1 Å². The Labute approximate surface area is 110 Å². The lowest BCUT2D eigenvalue weighted by atomic mass is 9.80. The maximum Gasteiger partial charge on any atom is 0.509 e. The van der Waals surface area contributed by atoms with Crippen molar-refractivity contribution in [2.75, 3.05) is 20.8 Å². The van der Waals surface area contributed by atoms with E-state index in [4.69, 9.17) is 15.3 Å². The second kappa shape index (κ2) is 6.57. The highest BCUT2D eigenvalue weighted by Crippen LogP contribution is 2.31. The number of nitrogens with zero attached hydrogens (tertiary/aromatic N) is 2. The number of carbonyl (C=O) groups is 2. The minimum Gasteiger partial charge on any atom is -0.468 e. The largest absolute Gasteiger partial charge is 0.509 e. The van der Waals surface area contributed by atoms with Crippen molar-refractivity contribution in [1.29, 1.82) is 10.5 Å². The standard InChI is InChI=1S/C11H14N2O6/c1-10(5-12,19-9(16)18-3)4-11(6-13,7-14)8(15)17-2/h14H,4,7H2,1-3H3. The van der Waals surface area contributed by atoms with Crippen molar-refractivity contribution in [2.45, 2.75) is 18.9 Å². The van der Waals surface area contributed by atoms with E-state index in [1.54, 1.807) is 12.1 Å². The summed E-state index contributed by atoms with van der Waals surface area (Å²) in [5, 5.41) is 27.3. The van der Waals surface area contributed by atoms with Crippen molar-refractivity contribution in [2.24, 2.45) is 5.41 Å². The lowest BCUT2D eigenvalue weighted by Crippen LogP contribution is -2.44. The fourth-order valence-corrected chi connectivity index (χ4v) is 1.41. The molecule has 0 bridgehead atoms. The molecule has 2 unspecified atom stereocenters. The lowest BCUT2D eigenvalue weighted by Gasteiger charge is -2.29. The summed E-state index contributed by atoms with van der Waals surface area (Å²) in [4.78, 5) is 22.6. The summed E-state index contributed by atoms with van der Waals surface area (Å²) in [6, 6.07) is 3.24. The molecule has 19 heavy (non-hydrogen) atoms. The summed E-state index contributed by atoms with van der Waals surface area (Å²) >= 11 is 0. The third-order valence-electron chi connectivity index (χ3n) is 2.41. The van der Waals surface area contributed by atoms with E-state index in [1.807, 2.05) is 0 Å². The SMILES string of the molecule is COC(=O)OC(C)(C#N)CC(C#N)(CO)C(=O)OC. The van der Waals surface area contributed by atoms with Crippen molar-refractivity contribution < 1.29 is 28.9 Å². The number of rotatable bonds is 5. The van der Waals surface area contributed by atoms with Gasteiger partial charge in [-0.1, -0.05) is 0 Å². The number of methoxy groups -OCH3 is 2. The van der Waals surface area contributed by atoms with Crippen LogP contribution in [0.1, 0.15) is 13.3 Å². The molecule has 0 rings (SSSR count). The topological polar surface area (TPSA) is 130 Å². The van der Waals surface area contributed by atoms with Crippen LogP contribution in [0.25, 0.3) is 0 Å². The zero-order chi connectivity index (χ0) is 15.1. The number of carbonyl (C=O) groups excluding carboxylic acids is 2. The van der Waals surface area contributed by atoms with Crippen LogP contribution in [-0.2, 0) is 19.0 Å². The van der Waals surface area contributed by atoms with Crippen LogP contribution in [0.5, 0.6) is 0 Å². The van der Waals surface area contributed by atoms with Gasteiger partial charge in [0.15, 0.2) is 11.0 Å². The van der Waals surface area contributed by atoms with Crippen molar-refractivity contribution in [1.82, 2.24) is 0 Å². The third-order valence-corrected chi connectivity index (χ3v) is 2.41. The molecule has 0 heterocycles. The van der Waals surface area contributed by atoms with Gasteiger partial charge in [0.05, 0.1) is 26.9 Å². The molecule has 0 spiro atoms. The molecule has 0 fully saturated rings. The summed E-state index contributed by atoms with van der Waals surface area (Å²) < 4.78 is 13.4. The molecule has 0 aliphatic carbocycles. The predicted octanol–water partition coefficient (Wildman–Crippen LogP) is 0.117. The number of nitriles is 2. The van der Waals surface area contributed by atoms with Crippen LogP contribution in [0.2, 0.25) is 0 Å². The van der Waals surface area contributed by atoms with Crippen LogP contribution in [0, 0.1) is 28.1 Å². The Morgan fingerprint density at radius 1 is 1.21 bits per heavy atom. The van der Waals surface area contributed by atoms with Crippen molar-refractivity contribution in [3.63, 3.8) is 0 Å². The molecule has 0 amide bonds. The molecule has 8 nitrogen and oxygen atoms in total. The van der Waals surface area contributed by atoms with Gasteiger partial charge in [0.25, 0.3) is 0 Å². The van der Waals surface area contributed by atoms with E-state index in [9.17, 15) is 14.7 Å². The molecule has 0 saturated heterocycles. The molecule has 0 aliphatic heterocycles. The molecule has 0 aromatic heterocycles. The Bertz CT molecular complexity index is 437. The second-order valence-electron chi connectivity index (χ2n) is 3.92. The highest BCUT2D eigenvalue weighted by Gasteiger charge is 2.48. The van der Waals surface area contributed by atoms with Gasteiger partial charge in [0.1, 0.15) is 6.07 Å². The second-order valence-corrected chi connectivity index (χ2v) is 3.92. The van der Waals surface area contributed by atoms with E-state index < -0.39 is 36.2 Å². The first-order valence-corrected chi connectivity index (χ1v) is 5.12. The average molecular weight is 270 g/mol. The fraction of sp³-hybridized carbons (Fsp3) is 0.636. The highest BCUT2D eigenvalue weighted by molar-refractivity contribution is 5.80. The van der Waals surface area contributed by atoms with E-state index in [2.05, 4.69) is 9.47 Å². The minimum atomic E-state index is -1.99. The van der Waals surface area contributed by atoms with Gasteiger partial charge in [-0.15, -0.1) is 0 Å². The summed E-state index contributed by atoms with van der Waals surface area (Å²) in [6.45, 7) is 0.312. The Balaban J connectivity index is 5.33. The van der Waals surface area contributed by atoms with Crippen LogP contribution >= 0.6 is 0 Å². The van der Waals surface area contributed by atoms with Crippen LogP contribution < -0.4 is 0 Å². The summed E-state index contributed by atoms with van der Waals surface area (Å²) in [5.74, 6) is -1.02. The van der Waals surface area contributed by atoms with Gasteiger partial charge < -0.3 is 19.3 Å². The molecule has 8 heteroatoms. The van der Waals surface area contributed by atoms with E-state index in [0.29, 0.717) is 0 Å². The van der Waals surface area contributed by atoms with Crippen LogP contribution in [0.15, 0.2) is 0 Å². The van der Waals surface area contributed by atoms with E-state index in [-0.39, 0.29) is 0 Å². The molecule has 104 valence electrons. The Morgan fingerprint density at radius 2 is 1.79 bits per heavy atom. The fourth-order valence-electron chi connectivity index (χ4n) is 1.41. The molecule has 0 radical (unpaired) electrons. The number of hydrogen-bond donors (Lipinski definition) is 1.